The number of carbonyl (C=O) groups excluding carboxylic acids is 2. The average molecular weight is 431 g/mol. The summed E-state index contributed by atoms with van der Waals surface area (Å²) in [6, 6.07) is 6.98. The van der Waals surface area contributed by atoms with Gasteiger partial charge in [0.2, 0.25) is 5.91 Å². The van der Waals surface area contributed by atoms with Crippen molar-refractivity contribution >= 4 is 40.2 Å². The SMILES string of the molecule is Cl.O=C(NCCC1CCNC1)C1CCCN1C(=O)c1ccc(Br)cc1. The molecule has 0 aromatic heterocycles. The molecule has 25 heavy (non-hydrogen) atoms. The Hall–Kier alpha value is -1.11. The Labute approximate surface area is 163 Å². The summed E-state index contributed by atoms with van der Waals surface area (Å²) in [5, 5.41) is 6.37. The second kappa shape index (κ2) is 9.55. The molecule has 138 valence electrons. The first-order valence-electron chi connectivity index (χ1n) is 8.70. The van der Waals surface area contributed by atoms with Crippen LogP contribution in [0.3, 0.4) is 0 Å². The lowest BCUT2D eigenvalue weighted by Crippen LogP contribution is -2.46. The summed E-state index contributed by atoms with van der Waals surface area (Å²) >= 11 is 3.38. The number of halogens is 2. The van der Waals surface area contributed by atoms with Crippen LogP contribution in [-0.2, 0) is 4.79 Å². The molecule has 2 unspecified atom stereocenters. The first kappa shape index (κ1) is 20.2. The molecular formula is C18H25BrClN3O2. The highest BCUT2D eigenvalue weighted by atomic mass is 79.9. The van der Waals surface area contributed by atoms with Crippen molar-refractivity contribution < 1.29 is 9.59 Å². The summed E-state index contributed by atoms with van der Waals surface area (Å²) in [6.45, 7) is 3.48. The number of nitrogens with one attached hydrogen (secondary N) is 2. The van der Waals surface area contributed by atoms with Gasteiger partial charge in [-0.3, -0.25) is 9.59 Å². The summed E-state index contributed by atoms with van der Waals surface area (Å²) in [5.74, 6) is 0.596. The molecule has 0 radical (unpaired) electrons. The predicted octanol–water partition coefficient (Wildman–Crippen LogP) is 2.59. The summed E-state index contributed by atoms with van der Waals surface area (Å²) in [6.07, 6.45) is 3.82. The smallest absolute Gasteiger partial charge is 0.254 e. The van der Waals surface area contributed by atoms with Crippen molar-refractivity contribution in [2.24, 2.45) is 5.92 Å². The summed E-state index contributed by atoms with van der Waals surface area (Å²) in [7, 11) is 0. The highest BCUT2D eigenvalue weighted by Crippen LogP contribution is 2.21. The van der Waals surface area contributed by atoms with Crippen LogP contribution in [0.25, 0.3) is 0 Å². The van der Waals surface area contributed by atoms with E-state index in [2.05, 4.69) is 26.6 Å². The third kappa shape index (κ3) is 5.19. The summed E-state index contributed by atoms with van der Waals surface area (Å²) in [4.78, 5) is 26.9. The van der Waals surface area contributed by atoms with Gasteiger partial charge in [-0.25, -0.2) is 0 Å². The van der Waals surface area contributed by atoms with E-state index in [4.69, 9.17) is 0 Å². The van der Waals surface area contributed by atoms with E-state index < -0.39 is 0 Å². The fraction of sp³-hybridized carbons (Fsp3) is 0.556. The molecule has 0 spiro atoms. The van der Waals surface area contributed by atoms with Crippen LogP contribution in [0.5, 0.6) is 0 Å². The fourth-order valence-electron chi connectivity index (χ4n) is 3.52. The van der Waals surface area contributed by atoms with E-state index in [1.165, 1.54) is 6.42 Å². The quantitative estimate of drug-likeness (QED) is 0.755. The Kier molecular flexibility index (Phi) is 7.72. The molecule has 2 heterocycles. The average Bonchev–Trinajstić information content (AvgIpc) is 3.26. The van der Waals surface area contributed by atoms with Crippen LogP contribution in [0.15, 0.2) is 28.7 Å². The van der Waals surface area contributed by atoms with E-state index in [-0.39, 0.29) is 30.3 Å². The molecule has 3 rings (SSSR count). The Morgan fingerprint density at radius 1 is 1.24 bits per heavy atom. The Bertz CT molecular complexity index is 590. The zero-order chi connectivity index (χ0) is 16.9. The fourth-order valence-corrected chi connectivity index (χ4v) is 3.78. The molecule has 2 fully saturated rings. The van der Waals surface area contributed by atoms with E-state index in [1.54, 1.807) is 17.0 Å². The van der Waals surface area contributed by atoms with Crippen molar-refractivity contribution in [3.8, 4) is 0 Å². The zero-order valence-corrected chi connectivity index (χ0v) is 16.6. The van der Waals surface area contributed by atoms with Crippen molar-refractivity contribution in [2.45, 2.75) is 31.7 Å². The molecule has 2 amide bonds. The topological polar surface area (TPSA) is 61.4 Å². The zero-order valence-electron chi connectivity index (χ0n) is 14.2. The maximum absolute atomic E-state index is 12.7. The minimum atomic E-state index is -0.331. The lowest BCUT2D eigenvalue weighted by Gasteiger charge is -2.24. The minimum absolute atomic E-state index is 0. The van der Waals surface area contributed by atoms with E-state index in [0.29, 0.717) is 24.6 Å². The molecule has 1 aromatic carbocycles. The number of benzene rings is 1. The Morgan fingerprint density at radius 3 is 2.68 bits per heavy atom. The van der Waals surface area contributed by atoms with Crippen molar-refractivity contribution in [2.75, 3.05) is 26.2 Å². The third-order valence-corrected chi connectivity index (χ3v) is 5.45. The van der Waals surface area contributed by atoms with Crippen LogP contribution in [0, 0.1) is 5.92 Å². The minimum Gasteiger partial charge on any atom is -0.354 e. The van der Waals surface area contributed by atoms with E-state index >= 15 is 0 Å². The van der Waals surface area contributed by atoms with Crippen LogP contribution in [0.4, 0.5) is 0 Å². The van der Waals surface area contributed by atoms with Crippen LogP contribution in [0.2, 0.25) is 0 Å². The van der Waals surface area contributed by atoms with Gasteiger partial charge >= 0.3 is 0 Å². The number of likely N-dealkylation sites (tertiary alicyclic amines) is 1. The normalized spacial score (nSPS) is 22.5. The van der Waals surface area contributed by atoms with Gasteiger partial charge in [-0.05, 0) is 69.0 Å². The van der Waals surface area contributed by atoms with Gasteiger partial charge in [-0.1, -0.05) is 15.9 Å². The summed E-state index contributed by atoms with van der Waals surface area (Å²) in [5.41, 5.74) is 0.634. The number of amides is 2. The lowest BCUT2D eigenvalue weighted by molar-refractivity contribution is -0.124. The predicted molar refractivity (Wildman–Crippen MR) is 104 cm³/mol. The molecule has 1 aromatic rings. The first-order chi connectivity index (χ1) is 11.6. The molecule has 0 saturated carbocycles. The van der Waals surface area contributed by atoms with E-state index in [0.717, 1.165) is 36.8 Å². The number of carbonyl (C=O) groups is 2. The van der Waals surface area contributed by atoms with Gasteiger partial charge in [0.1, 0.15) is 6.04 Å². The lowest BCUT2D eigenvalue weighted by atomic mass is 10.1. The highest BCUT2D eigenvalue weighted by molar-refractivity contribution is 9.10. The van der Waals surface area contributed by atoms with Crippen LogP contribution < -0.4 is 10.6 Å². The molecule has 2 saturated heterocycles. The molecule has 7 heteroatoms. The first-order valence-corrected chi connectivity index (χ1v) is 9.49. The second-order valence-corrected chi connectivity index (χ2v) is 7.52. The maximum atomic E-state index is 12.7. The largest absolute Gasteiger partial charge is 0.354 e. The molecule has 5 nitrogen and oxygen atoms in total. The molecular weight excluding hydrogens is 406 g/mol. The van der Waals surface area contributed by atoms with Gasteiger partial charge in [-0.15, -0.1) is 12.4 Å². The van der Waals surface area contributed by atoms with Crippen LogP contribution in [-0.4, -0.2) is 48.9 Å². The molecule has 0 bridgehead atoms. The second-order valence-electron chi connectivity index (χ2n) is 6.60. The Morgan fingerprint density at radius 2 is 2.00 bits per heavy atom. The molecule has 2 aliphatic heterocycles. The monoisotopic (exact) mass is 429 g/mol. The van der Waals surface area contributed by atoms with Crippen molar-refractivity contribution in [3.05, 3.63) is 34.3 Å². The van der Waals surface area contributed by atoms with E-state index in [9.17, 15) is 9.59 Å². The van der Waals surface area contributed by atoms with Crippen LogP contribution >= 0.6 is 28.3 Å². The number of nitrogens with zero attached hydrogens (tertiary/aromatic N) is 1. The maximum Gasteiger partial charge on any atom is 0.254 e. The van der Waals surface area contributed by atoms with Gasteiger partial charge in [0.15, 0.2) is 0 Å². The molecule has 2 aliphatic rings. The number of hydrogen-bond acceptors (Lipinski definition) is 3. The van der Waals surface area contributed by atoms with Crippen molar-refractivity contribution in [3.63, 3.8) is 0 Å². The Balaban J connectivity index is 0.00000225. The van der Waals surface area contributed by atoms with Gasteiger partial charge in [-0.2, -0.15) is 0 Å². The summed E-state index contributed by atoms with van der Waals surface area (Å²) < 4.78 is 0.941. The molecule has 2 atom stereocenters. The standard InChI is InChI=1S/C18H24BrN3O2.ClH/c19-15-5-3-14(4-6-15)18(24)22-11-1-2-16(22)17(23)21-10-8-13-7-9-20-12-13;/h3-6,13,16,20H,1-2,7-12H2,(H,21,23);1H. The van der Waals surface area contributed by atoms with Crippen LogP contribution in [0.1, 0.15) is 36.0 Å². The third-order valence-electron chi connectivity index (χ3n) is 4.92. The number of rotatable bonds is 5. The van der Waals surface area contributed by atoms with Crippen molar-refractivity contribution in [1.82, 2.24) is 15.5 Å². The van der Waals surface area contributed by atoms with Crippen molar-refractivity contribution in [1.29, 1.82) is 0 Å². The van der Waals surface area contributed by atoms with Gasteiger partial charge in [0, 0.05) is 23.1 Å². The van der Waals surface area contributed by atoms with Gasteiger partial charge in [0.05, 0.1) is 0 Å². The highest BCUT2D eigenvalue weighted by Gasteiger charge is 2.34. The van der Waals surface area contributed by atoms with Gasteiger partial charge < -0.3 is 15.5 Å². The molecule has 0 aliphatic carbocycles. The molecule has 2 N–H and O–H groups in total. The van der Waals surface area contributed by atoms with E-state index in [1.807, 2.05) is 12.1 Å². The van der Waals surface area contributed by atoms with Gasteiger partial charge in [0.25, 0.3) is 5.91 Å². The number of hydrogen-bond donors (Lipinski definition) is 2.